The van der Waals surface area contributed by atoms with Crippen LogP contribution < -0.4 is 0 Å². The van der Waals surface area contributed by atoms with E-state index in [0.717, 1.165) is 93.8 Å². The molecule has 0 fully saturated rings. The molecule has 8 aromatic carbocycles. The summed E-state index contributed by atoms with van der Waals surface area (Å²) in [5, 5.41) is 6.45. The van der Waals surface area contributed by atoms with Gasteiger partial charge in [0.25, 0.3) is 0 Å². The largest absolute Gasteiger partial charge is 0.456 e. The van der Waals surface area contributed by atoms with Gasteiger partial charge >= 0.3 is 0 Å². The molecule has 0 unspecified atom stereocenters. The molecule has 57 heavy (non-hydrogen) atoms. The molecule has 0 bridgehead atoms. The fourth-order valence-electron chi connectivity index (χ4n) is 8.35. The van der Waals surface area contributed by atoms with Crippen LogP contribution >= 0.6 is 0 Å². The molecule has 0 aliphatic rings. The second-order valence-corrected chi connectivity index (χ2v) is 14.4. The molecule has 0 atom stereocenters. The molecule has 12 aromatic rings. The zero-order chi connectivity index (χ0) is 37.5. The maximum atomic E-state index is 6.83. The van der Waals surface area contributed by atoms with E-state index in [1.807, 2.05) is 36.4 Å². The summed E-state index contributed by atoms with van der Waals surface area (Å²) in [6, 6.07) is 62.7. The number of rotatable bonds is 5. The van der Waals surface area contributed by atoms with Crippen molar-refractivity contribution in [3.05, 3.63) is 182 Å². The number of para-hydroxylation sites is 4. The first-order valence-electron chi connectivity index (χ1n) is 19.0. The first-order chi connectivity index (χ1) is 28.2. The molecular weight excluding hydrogens is 701 g/mol. The number of hydrogen-bond donors (Lipinski definition) is 0. The van der Waals surface area contributed by atoms with Crippen LogP contribution in [0.5, 0.6) is 0 Å². The standard InChI is InChI=1S/C51H30N4O2/c1-3-12-31(13-4-1)32-22-24-33(25-23-32)49-52-50(34-26-27-38-37-17-8-10-21-45(37)56-46(38)28-34)54-51(53-49)40-19-11-18-39-42-29-44-41(30-47(42)57-48(39)40)36-16-7-9-20-43(36)55(44)35-14-5-2-6-15-35/h1-30H. The van der Waals surface area contributed by atoms with Gasteiger partial charge in [0.15, 0.2) is 17.5 Å². The third-order valence-electron chi connectivity index (χ3n) is 11.1. The van der Waals surface area contributed by atoms with Gasteiger partial charge in [-0.25, -0.2) is 15.0 Å². The zero-order valence-electron chi connectivity index (χ0n) is 30.4. The van der Waals surface area contributed by atoms with Crippen LogP contribution in [0.4, 0.5) is 0 Å². The Morgan fingerprint density at radius 3 is 1.79 bits per heavy atom. The SMILES string of the molecule is c1ccc(-c2ccc(-c3nc(-c4ccc5c(c4)oc4ccccc45)nc(-c4cccc5c4oc4cc6c7ccccc7n(-c7ccccc7)c6cc45)n3)cc2)cc1. The molecule has 6 nitrogen and oxygen atoms in total. The van der Waals surface area contributed by atoms with Crippen LogP contribution in [0.2, 0.25) is 0 Å². The van der Waals surface area contributed by atoms with Crippen LogP contribution in [0.3, 0.4) is 0 Å². The average Bonchev–Trinajstić information content (AvgIpc) is 3.95. The van der Waals surface area contributed by atoms with Crippen molar-refractivity contribution < 1.29 is 8.83 Å². The highest BCUT2D eigenvalue weighted by molar-refractivity contribution is 6.18. The van der Waals surface area contributed by atoms with Crippen LogP contribution in [0.1, 0.15) is 0 Å². The third-order valence-corrected chi connectivity index (χ3v) is 11.1. The van der Waals surface area contributed by atoms with Crippen molar-refractivity contribution >= 4 is 65.7 Å². The summed E-state index contributed by atoms with van der Waals surface area (Å²) in [5.74, 6) is 1.65. The van der Waals surface area contributed by atoms with Crippen LogP contribution in [-0.4, -0.2) is 19.5 Å². The van der Waals surface area contributed by atoms with Gasteiger partial charge < -0.3 is 13.4 Å². The van der Waals surface area contributed by atoms with Gasteiger partial charge in [0.1, 0.15) is 22.3 Å². The monoisotopic (exact) mass is 730 g/mol. The fourth-order valence-corrected chi connectivity index (χ4v) is 8.35. The van der Waals surface area contributed by atoms with Crippen LogP contribution in [0.25, 0.3) is 117 Å². The smallest absolute Gasteiger partial charge is 0.167 e. The van der Waals surface area contributed by atoms with E-state index in [0.29, 0.717) is 17.5 Å². The van der Waals surface area contributed by atoms with Crippen molar-refractivity contribution in [1.82, 2.24) is 19.5 Å². The molecule has 0 aliphatic carbocycles. The molecule has 0 saturated heterocycles. The van der Waals surface area contributed by atoms with Crippen molar-refractivity contribution in [1.29, 1.82) is 0 Å². The Morgan fingerprint density at radius 1 is 0.333 bits per heavy atom. The molecule has 4 aromatic heterocycles. The Balaban J connectivity index is 1.06. The number of nitrogens with zero attached hydrogens (tertiary/aromatic N) is 4. The van der Waals surface area contributed by atoms with E-state index in [1.165, 1.54) is 5.39 Å². The Morgan fingerprint density at radius 2 is 0.947 bits per heavy atom. The first-order valence-corrected chi connectivity index (χ1v) is 19.0. The normalized spacial score (nSPS) is 11.9. The van der Waals surface area contributed by atoms with Crippen molar-refractivity contribution in [2.75, 3.05) is 0 Å². The topological polar surface area (TPSA) is 69.9 Å². The maximum absolute atomic E-state index is 6.83. The summed E-state index contributed by atoms with van der Waals surface area (Å²) in [6.07, 6.45) is 0. The van der Waals surface area contributed by atoms with Gasteiger partial charge in [0, 0.05) is 49.1 Å². The van der Waals surface area contributed by atoms with Gasteiger partial charge in [-0.1, -0.05) is 127 Å². The predicted octanol–water partition coefficient (Wildman–Crippen LogP) is 13.4. The van der Waals surface area contributed by atoms with E-state index in [2.05, 4.69) is 150 Å². The summed E-state index contributed by atoms with van der Waals surface area (Å²) >= 11 is 0. The first kappa shape index (κ1) is 31.5. The third kappa shape index (κ3) is 5.01. The number of hydrogen-bond acceptors (Lipinski definition) is 5. The lowest BCUT2D eigenvalue weighted by Gasteiger charge is -2.09. The van der Waals surface area contributed by atoms with Gasteiger partial charge in [-0.15, -0.1) is 0 Å². The van der Waals surface area contributed by atoms with Gasteiger partial charge in [0.2, 0.25) is 0 Å². The van der Waals surface area contributed by atoms with Crippen LogP contribution in [0, 0.1) is 0 Å². The summed E-state index contributed by atoms with van der Waals surface area (Å²) in [6.45, 7) is 0. The van der Waals surface area contributed by atoms with Gasteiger partial charge in [-0.2, -0.15) is 0 Å². The van der Waals surface area contributed by atoms with E-state index in [1.54, 1.807) is 0 Å². The van der Waals surface area contributed by atoms with Gasteiger partial charge in [-0.05, 0) is 65.7 Å². The van der Waals surface area contributed by atoms with Crippen molar-refractivity contribution in [3.63, 3.8) is 0 Å². The lowest BCUT2D eigenvalue weighted by Crippen LogP contribution is -2.00. The molecule has 0 N–H and O–H groups in total. The second-order valence-electron chi connectivity index (χ2n) is 14.4. The Labute approximate surface area is 325 Å². The lowest BCUT2D eigenvalue weighted by atomic mass is 10.0. The molecule has 266 valence electrons. The molecule has 4 heterocycles. The number of aromatic nitrogens is 4. The lowest BCUT2D eigenvalue weighted by molar-refractivity contribution is 0.668. The highest BCUT2D eigenvalue weighted by Gasteiger charge is 2.21. The summed E-state index contributed by atoms with van der Waals surface area (Å²) < 4.78 is 15.5. The minimum atomic E-state index is 0.528. The Bertz CT molecular complexity index is 3510. The quantitative estimate of drug-likeness (QED) is 0.176. The number of fused-ring (bicyclic) bond motifs is 9. The fraction of sp³-hybridized carbons (Fsp3) is 0. The average molecular weight is 731 g/mol. The minimum Gasteiger partial charge on any atom is -0.456 e. The molecular formula is C51H30N4O2. The van der Waals surface area contributed by atoms with Crippen molar-refractivity contribution in [2.45, 2.75) is 0 Å². The van der Waals surface area contributed by atoms with E-state index in [4.69, 9.17) is 23.8 Å². The Kier molecular flexibility index (Phi) is 6.83. The molecule has 0 spiro atoms. The van der Waals surface area contributed by atoms with Gasteiger partial charge in [0.05, 0.1) is 16.6 Å². The van der Waals surface area contributed by atoms with E-state index >= 15 is 0 Å². The minimum absolute atomic E-state index is 0.528. The molecule has 12 rings (SSSR count). The molecule has 0 amide bonds. The highest BCUT2D eigenvalue weighted by Crippen LogP contribution is 2.41. The Hall–Kier alpha value is -7.83. The maximum Gasteiger partial charge on any atom is 0.167 e. The molecule has 6 heteroatoms. The second kappa shape index (κ2) is 12.3. The van der Waals surface area contributed by atoms with E-state index < -0.39 is 0 Å². The number of furan rings is 2. The molecule has 0 saturated carbocycles. The zero-order valence-corrected chi connectivity index (χ0v) is 30.4. The predicted molar refractivity (Wildman–Crippen MR) is 230 cm³/mol. The van der Waals surface area contributed by atoms with Gasteiger partial charge in [-0.3, -0.25) is 0 Å². The summed E-state index contributed by atoms with van der Waals surface area (Å²) in [5.41, 5.74) is 11.3. The highest BCUT2D eigenvalue weighted by atomic mass is 16.3. The molecule has 0 radical (unpaired) electrons. The van der Waals surface area contributed by atoms with Crippen molar-refractivity contribution in [3.8, 4) is 51.0 Å². The van der Waals surface area contributed by atoms with Crippen LogP contribution in [0.15, 0.2) is 191 Å². The summed E-state index contributed by atoms with van der Waals surface area (Å²) in [7, 11) is 0. The van der Waals surface area contributed by atoms with Crippen molar-refractivity contribution in [2.24, 2.45) is 0 Å². The summed E-state index contributed by atoms with van der Waals surface area (Å²) in [4.78, 5) is 15.4. The molecule has 0 aliphatic heterocycles. The number of benzene rings is 8. The van der Waals surface area contributed by atoms with Crippen LogP contribution in [-0.2, 0) is 0 Å². The van der Waals surface area contributed by atoms with E-state index in [9.17, 15) is 0 Å². The van der Waals surface area contributed by atoms with E-state index in [-0.39, 0.29) is 0 Å².